The highest BCUT2D eigenvalue weighted by Gasteiger charge is 2.39. The van der Waals surface area contributed by atoms with Crippen LogP contribution in [0.4, 0.5) is 0 Å². The highest BCUT2D eigenvalue weighted by Crippen LogP contribution is 2.53. The molecule has 7 rings (SSSR count). The number of benzene rings is 1. The summed E-state index contributed by atoms with van der Waals surface area (Å²) in [7, 11) is 0. The van der Waals surface area contributed by atoms with Gasteiger partial charge in [0.15, 0.2) is 0 Å². The van der Waals surface area contributed by atoms with Gasteiger partial charge in [0.2, 0.25) is 0 Å². The van der Waals surface area contributed by atoms with Gasteiger partial charge in [-0.3, -0.25) is 4.99 Å². The Bertz CT molecular complexity index is 1330. The van der Waals surface area contributed by atoms with E-state index in [1.54, 1.807) is 39.0 Å². The normalized spacial score (nSPS) is 35.8. The van der Waals surface area contributed by atoms with Gasteiger partial charge in [-0.2, -0.15) is 0 Å². The molecule has 40 heavy (non-hydrogen) atoms. The van der Waals surface area contributed by atoms with E-state index in [0.29, 0.717) is 17.9 Å². The number of aliphatic imine (C=N–C) groups is 1. The highest BCUT2D eigenvalue weighted by molar-refractivity contribution is 5.83. The first kappa shape index (κ1) is 26.5. The van der Waals surface area contributed by atoms with Crippen molar-refractivity contribution >= 4 is 11.3 Å². The largest absolute Gasteiger partial charge is 0.287 e. The van der Waals surface area contributed by atoms with Crippen molar-refractivity contribution in [3.63, 3.8) is 0 Å². The minimum absolute atomic E-state index is 0.427. The summed E-state index contributed by atoms with van der Waals surface area (Å²) in [5, 5.41) is 0. The van der Waals surface area contributed by atoms with Crippen LogP contribution in [0.5, 0.6) is 0 Å². The summed E-state index contributed by atoms with van der Waals surface area (Å²) in [6.45, 7) is 7.18. The van der Waals surface area contributed by atoms with Gasteiger partial charge in [-0.15, -0.1) is 0 Å². The van der Waals surface area contributed by atoms with Gasteiger partial charge in [0.05, 0.1) is 6.04 Å². The Balaban J connectivity index is 1.14. The summed E-state index contributed by atoms with van der Waals surface area (Å²) in [6.07, 6.45) is 28.1. The molecule has 7 unspecified atom stereocenters. The zero-order valence-corrected chi connectivity index (χ0v) is 25.2. The summed E-state index contributed by atoms with van der Waals surface area (Å²) >= 11 is 0. The third-order valence-electron chi connectivity index (χ3n) is 11.5. The average molecular weight is 532 g/mol. The van der Waals surface area contributed by atoms with Gasteiger partial charge in [-0.25, -0.2) is 0 Å². The van der Waals surface area contributed by atoms with E-state index < -0.39 is 0 Å². The second kappa shape index (κ2) is 11.1. The molecule has 0 radical (unpaired) electrons. The first-order valence-corrected chi connectivity index (χ1v) is 16.6. The number of hydrogen-bond donors (Lipinski definition) is 0. The van der Waals surface area contributed by atoms with Crippen LogP contribution in [0.1, 0.15) is 115 Å². The summed E-state index contributed by atoms with van der Waals surface area (Å²) in [5.74, 6) is 4.35. The van der Waals surface area contributed by atoms with Crippen molar-refractivity contribution in [2.75, 3.05) is 0 Å². The van der Waals surface area contributed by atoms with Gasteiger partial charge in [-0.1, -0.05) is 79.6 Å². The van der Waals surface area contributed by atoms with E-state index in [-0.39, 0.29) is 0 Å². The van der Waals surface area contributed by atoms with Crippen LogP contribution in [0.3, 0.4) is 0 Å². The van der Waals surface area contributed by atoms with Crippen molar-refractivity contribution in [2.45, 2.75) is 110 Å². The van der Waals surface area contributed by atoms with Crippen LogP contribution in [0.25, 0.3) is 5.57 Å². The average Bonchev–Trinajstić information content (AvgIpc) is 3.28. The molecule has 5 aliphatic carbocycles. The third-order valence-corrected chi connectivity index (χ3v) is 11.5. The Morgan fingerprint density at radius 1 is 0.850 bits per heavy atom. The fourth-order valence-corrected chi connectivity index (χ4v) is 9.46. The highest BCUT2D eigenvalue weighted by atomic mass is 14.8. The molecule has 1 heteroatoms. The minimum atomic E-state index is 0.427. The van der Waals surface area contributed by atoms with E-state index in [0.717, 1.165) is 23.7 Å². The van der Waals surface area contributed by atoms with Crippen LogP contribution in [0.2, 0.25) is 0 Å². The smallest absolute Gasteiger partial charge is 0.0711 e. The molecule has 0 N–H and O–H groups in total. The maximum Gasteiger partial charge on any atom is 0.0711 e. The SMILES string of the molecule is CC1=NC(C2=CC(C3=CCC(C4=CCCC=C4)CC3)CC(C3CCC4=C(C3)C(C)c3ccccc34)C2)CC(C)C1. The van der Waals surface area contributed by atoms with E-state index in [2.05, 4.69) is 75.4 Å². The molecule has 1 aromatic rings. The Morgan fingerprint density at radius 2 is 1.75 bits per heavy atom. The lowest BCUT2D eigenvalue weighted by atomic mass is 9.65. The molecule has 1 aromatic carbocycles. The molecule has 210 valence electrons. The van der Waals surface area contributed by atoms with Gasteiger partial charge >= 0.3 is 0 Å². The molecule has 1 heterocycles. The molecule has 1 aliphatic heterocycles. The van der Waals surface area contributed by atoms with Crippen molar-refractivity contribution in [3.05, 3.63) is 88.1 Å². The quantitative estimate of drug-likeness (QED) is 0.343. The Kier molecular flexibility index (Phi) is 7.36. The molecule has 0 saturated carbocycles. The fraction of sp³-hybridized carbons (Fsp3) is 0.564. The Hall–Kier alpha value is -2.41. The van der Waals surface area contributed by atoms with Crippen molar-refractivity contribution < 1.29 is 0 Å². The second-order valence-corrected chi connectivity index (χ2v) is 14.2. The third kappa shape index (κ3) is 5.08. The Morgan fingerprint density at radius 3 is 2.55 bits per heavy atom. The lowest BCUT2D eigenvalue weighted by Crippen LogP contribution is -2.31. The number of fused-ring (bicyclic) bond motifs is 2. The number of nitrogens with zero attached hydrogens (tertiary/aromatic N) is 1. The van der Waals surface area contributed by atoms with Crippen LogP contribution < -0.4 is 0 Å². The minimum Gasteiger partial charge on any atom is -0.287 e. The van der Waals surface area contributed by atoms with E-state index >= 15 is 0 Å². The summed E-state index contributed by atoms with van der Waals surface area (Å²) < 4.78 is 0. The van der Waals surface area contributed by atoms with E-state index in [4.69, 9.17) is 4.99 Å². The molecule has 1 nitrogen and oxygen atoms in total. The summed E-state index contributed by atoms with van der Waals surface area (Å²) in [4.78, 5) is 5.29. The predicted molar refractivity (Wildman–Crippen MR) is 171 cm³/mol. The van der Waals surface area contributed by atoms with Crippen LogP contribution in [0.15, 0.2) is 81.9 Å². The van der Waals surface area contributed by atoms with Gasteiger partial charge in [0.1, 0.15) is 0 Å². The first-order valence-electron chi connectivity index (χ1n) is 16.6. The van der Waals surface area contributed by atoms with Crippen LogP contribution in [-0.4, -0.2) is 11.8 Å². The molecular formula is C39H49N. The Labute approximate surface area is 243 Å². The van der Waals surface area contributed by atoms with Crippen LogP contribution in [0, 0.1) is 29.6 Å². The van der Waals surface area contributed by atoms with E-state index in [1.165, 1.54) is 82.8 Å². The van der Waals surface area contributed by atoms with Crippen molar-refractivity contribution in [2.24, 2.45) is 34.6 Å². The van der Waals surface area contributed by atoms with Gasteiger partial charge < -0.3 is 0 Å². The van der Waals surface area contributed by atoms with Gasteiger partial charge in [-0.05, 0) is 141 Å². The predicted octanol–water partition coefficient (Wildman–Crippen LogP) is 10.6. The maximum absolute atomic E-state index is 5.29. The summed E-state index contributed by atoms with van der Waals surface area (Å²) in [6, 6.07) is 9.69. The van der Waals surface area contributed by atoms with Crippen LogP contribution in [-0.2, 0) is 0 Å². The zero-order chi connectivity index (χ0) is 27.2. The fourth-order valence-electron chi connectivity index (χ4n) is 9.46. The first-order chi connectivity index (χ1) is 19.5. The molecular weight excluding hydrogens is 482 g/mol. The molecule has 0 fully saturated rings. The second-order valence-electron chi connectivity index (χ2n) is 14.2. The molecule has 0 aromatic heterocycles. The summed E-state index contributed by atoms with van der Waals surface area (Å²) in [5.41, 5.74) is 13.1. The maximum atomic E-state index is 5.29. The standard InChI is InChI=1S/C39H49N/c1-25-19-26(2)40-39(20-25)34-22-32(30-15-13-29(14-16-30)28-9-5-4-6-10-28)21-33(23-34)31-17-18-37-36-12-8-7-11-35(36)27(3)38(37)24-31/h5,7-12,15,22,25,27,29,31-33,39H,4,6,13-14,16-21,23-24H2,1-3H3. The lowest BCUT2D eigenvalue weighted by molar-refractivity contribution is 0.248. The van der Waals surface area contributed by atoms with Gasteiger partial charge in [0, 0.05) is 11.6 Å². The molecule has 6 aliphatic rings. The molecule has 7 atom stereocenters. The molecule has 0 saturated heterocycles. The van der Waals surface area contributed by atoms with E-state index in [1.807, 2.05) is 0 Å². The number of allylic oxidation sites excluding steroid dienone is 9. The number of rotatable bonds is 4. The van der Waals surface area contributed by atoms with Crippen LogP contribution >= 0.6 is 0 Å². The zero-order valence-electron chi connectivity index (χ0n) is 25.2. The monoisotopic (exact) mass is 531 g/mol. The van der Waals surface area contributed by atoms with Crippen molar-refractivity contribution in [1.29, 1.82) is 0 Å². The van der Waals surface area contributed by atoms with E-state index in [9.17, 15) is 0 Å². The topological polar surface area (TPSA) is 12.4 Å². The van der Waals surface area contributed by atoms with Gasteiger partial charge in [0.25, 0.3) is 0 Å². The molecule has 0 bridgehead atoms. The van der Waals surface area contributed by atoms with Crippen molar-refractivity contribution in [1.82, 2.24) is 0 Å². The van der Waals surface area contributed by atoms with Crippen molar-refractivity contribution in [3.8, 4) is 0 Å². The lowest BCUT2D eigenvalue weighted by Gasteiger charge is -2.40. The molecule has 0 amide bonds. The number of hydrogen-bond acceptors (Lipinski definition) is 1. The molecule has 0 spiro atoms.